The Hall–Kier alpha value is -1.35. The third-order valence-corrected chi connectivity index (χ3v) is 2.32. The van der Waals surface area contributed by atoms with E-state index in [0.29, 0.717) is 26.3 Å². The maximum Gasteiger partial charge on any atom is 0.254 e. The van der Waals surface area contributed by atoms with E-state index in [1.54, 1.807) is 0 Å². The minimum absolute atomic E-state index is 0.105. The first-order valence-electron chi connectivity index (χ1n) is 4.80. The van der Waals surface area contributed by atoms with Crippen LogP contribution in [0.3, 0.4) is 0 Å². The van der Waals surface area contributed by atoms with E-state index in [-0.39, 0.29) is 5.91 Å². The van der Waals surface area contributed by atoms with Gasteiger partial charge in [0.25, 0.3) is 5.91 Å². The number of carbonyl (C=O) groups excluding carboxylic acids is 1. The third kappa shape index (κ3) is 1.93. The van der Waals surface area contributed by atoms with E-state index in [1.807, 2.05) is 35.2 Å². The Morgan fingerprint density at radius 3 is 2.43 bits per heavy atom. The second-order valence-electron chi connectivity index (χ2n) is 3.27. The van der Waals surface area contributed by atoms with Crippen molar-refractivity contribution in [2.24, 2.45) is 0 Å². The number of ether oxygens (including phenoxy) is 1. The lowest BCUT2D eigenvalue weighted by Gasteiger charge is -2.26. The Balaban J connectivity index is 2.07. The van der Waals surface area contributed by atoms with Gasteiger partial charge in [-0.25, -0.2) is 0 Å². The smallest absolute Gasteiger partial charge is 0.254 e. The summed E-state index contributed by atoms with van der Waals surface area (Å²) in [5.74, 6) is 0.105. The lowest BCUT2D eigenvalue weighted by Crippen LogP contribution is -2.40. The summed E-state index contributed by atoms with van der Waals surface area (Å²) < 4.78 is 5.19. The van der Waals surface area contributed by atoms with E-state index in [0.717, 1.165) is 5.56 Å². The highest BCUT2D eigenvalue weighted by Gasteiger charge is 2.17. The molecular weight excluding hydrogens is 178 g/mol. The summed E-state index contributed by atoms with van der Waals surface area (Å²) in [4.78, 5) is 13.7. The van der Waals surface area contributed by atoms with Gasteiger partial charge in [-0.1, -0.05) is 18.2 Å². The van der Waals surface area contributed by atoms with Crippen molar-refractivity contribution in [3.63, 3.8) is 0 Å². The molecular formula is C11H13NO2. The maximum atomic E-state index is 11.9. The number of hydrogen-bond donors (Lipinski definition) is 0. The molecule has 0 aliphatic carbocycles. The van der Waals surface area contributed by atoms with E-state index >= 15 is 0 Å². The van der Waals surface area contributed by atoms with Crippen molar-refractivity contribution in [3.8, 4) is 0 Å². The normalized spacial score (nSPS) is 16.7. The summed E-state index contributed by atoms with van der Waals surface area (Å²) in [5, 5.41) is 0. The van der Waals surface area contributed by atoms with E-state index < -0.39 is 0 Å². The van der Waals surface area contributed by atoms with Gasteiger partial charge in [0.2, 0.25) is 0 Å². The van der Waals surface area contributed by atoms with Crippen LogP contribution >= 0.6 is 0 Å². The molecule has 1 saturated heterocycles. The molecule has 0 saturated carbocycles. The fourth-order valence-electron chi connectivity index (χ4n) is 1.53. The second-order valence-corrected chi connectivity index (χ2v) is 3.27. The SMILES string of the molecule is O=C(c1ccccc1)N1CCOCC1. The highest BCUT2D eigenvalue weighted by molar-refractivity contribution is 5.94. The molecule has 74 valence electrons. The summed E-state index contributed by atoms with van der Waals surface area (Å²) >= 11 is 0. The van der Waals surface area contributed by atoms with Crippen molar-refractivity contribution in [2.75, 3.05) is 26.3 Å². The van der Waals surface area contributed by atoms with Crippen molar-refractivity contribution in [2.45, 2.75) is 0 Å². The molecule has 0 N–H and O–H groups in total. The Bertz CT molecular complexity index is 304. The number of nitrogens with zero attached hydrogens (tertiary/aromatic N) is 1. The topological polar surface area (TPSA) is 29.5 Å². The van der Waals surface area contributed by atoms with Crippen molar-refractivity contribution >= 4 is 5.91 Å². The van der Waals surface area contributed by atoms with Crippen LogP contribution in [0.2, 0.25) is 0 Å². The number of benzene rings is 1. The molecule has 3 nitrogen and oxygen atoms in total. The average Bonchev–Trinajstić information content (AvgIpc) is 2.30. The van der Waals surface area contributed by atoms with Crippen LogP contribution in [0, 0.1) is 0 Å². The number of rotatable bonds is 1. The summed E-state index contributed by atoms with van der Waals surface area (Å²) in [7, 11) is 0. The predicted octanol–water partition coefficient (Wildman–Crippen LogP) is 1.16. The molecule has 14 heavy (non-hydrogen) atoms. The summed E-state index contributed by atoms with van der Waals surface area (Å²) in [6.07, 6.45) is 0. The van der Waals surface area contributed by atoms with Gasteiger partial charge in [0.05, 0.1) is 13.2 Å². The van der Waals surface area contributed by atoms with E-state index in [4.69, 9.17) is 4.74 Å². The molecule has 0 unspecified atom stereocenters. The maximum absolute atomic E-state index is 11.9. The van der Waals surface area contributed by atoms with Crippen LogP contribution < -0.4 is 0 Å². The quantitative estimate of drug-likeness (QED) is 0.666. The lowest BCUT2D eigenvalue weighted by molar-refractivity contribution is 0.0303. The van der Waals surface area contributed by atoms with Gasteiger partial charge in [-0.3, -0.25) is 4.79 Å². The molecule has 1 aromatic carbocycles. The molecule has 1 fully saturated rings. The van der Waals surface area contributed by atoms with E-state index in [2.05, 4.69) is 0 Å². The first-order chi connectivity index (χ1) is 6.88. The lowest BCUT2D eigenvalue weighted by atomic mass is 10.2. The van der Waals surface area contributed by atoms with Gasteiger partial charge in [0, 0.05) is 18.7 Å². The second kappa shape index (κ2) is 4.24. The molecule has 1 aliphatic heterocycles. The highest BCUT2D eigenvalue weighted by atomic mass is 16.5. The standard InChI is InChI=1S/C11H13NO2/c13-11(10-4-2-1-3-5-10)12-6-8-14-9-7-12/h1-5H,6-9H2. The average molecular weight is 191 g/mol. The van der Waals surface area contributed by atoms with Crippen LogP contribution in [0.25, 0.3) is 0 Å². The zero-order valence-electron chi connectivity index (χ0n) is 7.98. The minimum Gasteiger partial charge on any atom is -0.378 e. The molecule has 0 aromatic heterocycles. The van der Waals surface area contributed by atoms with Crippen LogP contribution in [-0.2, 0) is 4.74 Å². The Kier molecular flexibility index (Phi) is 2.79. The van der Waals surface area contributed by atoms with Crippen molar-refractivity contribution < 1.29 is 9.53 Å². The predicted molar refractivity (Wildman–Crippen MR) is 53.2 cm³/mol. The van der Waals surface area contributed by atoms with Gasteiger partial charge in [0.1, 0.15) is 0 Å². The summed E-state index contributed by atoms with van der Waals surface area (Å²) in [6, 6.07) is 9.37. The van der Waals surface area contributed by atoms with Gasteiger partial charge in [-0.2, -0.15) is 0 Å². The number of morpholine rings is 1. The van der Waals surface area contributed by atoms with Gasteiger partial charge < -0.3 is 9.64 Å². The fourth-order valence-corrected chi connectivity index (χ4v) is 1.53. The number of hydrogen-bond acceptors (Lipinski definition) is 2. The summed E-state index contributed by atoms with van der Waals surface area (Å²) in [5.41, 5.74) is 0.759. The molecule has 0 spiro atoms. The van der Waals surface area contributed by atoms with Crippen LogP contribution in [0.15, 0.2) is 30.3 Å². The summed E-state index contributed by atoms with van der Waals surface area (Å²) in [6.45, 7) is 2.71. The zero-order valence-corrected chi connectivity index (χ0v) is 7.98. The molecule has 0 atom stereocenters. The van der Waals surface area contributed by atoms with Gasteiger partial charge in [-0.15, -0.1) is 0 Å². The largest absolute Gasteiger partial charge is 0.378 e. The zero-order chi connectivity index (χ0) is 9.80. The van der Waals surface area contributed by atoms with E-state index in [9.17, 15) is 4.79 Å². The molecule has 1 aliphatic rings. The first-order valence-corrected chi connectivity index (χ1v) is 4.80. The third-order valence-electron chi connectivity index (χ3n) is 2.32. The van der Waals surface area contributed by atoms with Crippen molar-refractivity contribution in [1.82, 2.24) is 4.90 Å². The van der Waals surface area contributed by atoms with Crippen molar-refractivity contribution in [3.05, 3.63) is 35.9 Å². The van der Waals surface area contributed by atoms with Crippen LogP contribution in [0.5, 0.6) is 0 Å². The Labute approximate surface area is 83.3 Å². The van der Waals surface area contributed by atoms with Crippen LogP contribution in [-0.4, -0.2) is 37.1 Å². The van der Waals surface area contributed by atoms with Gasteiger partial charge >= 0.3 is 0 Å². The Morgan fingerprint density at radius 1 is 1.14 bits per heavy atom. The molecule has 3 heteroatoms. The molecule has 1 heterocycles. The minimum atomic E-state index is 0.105. The molecule has 2 rings (SSSR count). The molecule has 1 aromatic rings. The monoisotopic (exact) mass is 191 g/mol. The highest BCUT2D eigenvalue weighted by Crippen LogP contribution is 2.06. The molecule has 0 radical (unpaired) electrons. The molecule has 0 bridgehead atoms. The number of amides is 1. The first kappa shape index (κ1) is 9.21. The Morgan fingerprint density at radius 2 is 1.79 bits per heavy atom. The number of carbonyl (C=O) groups is 1. The van der Waals surface area contributed by atoms with E-state index in [1.165, 1.54) is 0 Å². The molecule has 1 amide bonds. The van der Waals surface area contributed by atoms with Gasteiger partial charge in [0.15, 0.2) is 0 Å². The van der Waals surface area contributed by atoms with Gasteiger partial charge in [-0.05, 0) is 12.1 Å². The van der Waals surface area contributed by atoms with Crippen LogP contribution in [0.1, 0.15) is 10.4 Å². The van der Waals surface area contributed by atoms with Crippen molar-refractivity contribution in [1.29, 1.82) is 0 Å². The van der Waals surface area contributed by atoms with Crippen LogP contribution in [0.4, 0.5) is 0 Å². The fraction of sp³-hybridized carbons (Fsp3) is 0.364.